The number of thiophene rings is 1. The van der Waals surface area contributed by atoms with Crippen LogP contribution in [0.2, 0.25) is 0 Å². The molecule has 2 N–H and O–H groups in total. The minimum atomic E-state index is 0.00993. The Labute approximate surface area is 126 Å². The van der Waals surface area contributed by atoms with Crippen LogP contribution in [0.4, 0.5) is 0 Å². The van der Waals surface area contributed by atoms with E-state index < -0.39 is 0 Å². The van der Waals surface area contributed by atoms with Crippen molar-refractivity contribution in [2.45, 2.75) is 25.8 Å². The average molecular weight is 340 g/mol. The molecule has 0 amide bonds. The van der Waals surface area contributed by atoms with Gasteiger partial charge in [-0.1, -0.05) is 19.1 Å². The number of halogens is 1. The number of benzene rings is 1. The highest BCUT2D eigenvalue weighted by Gasteiger charge is 2.09. The summed E-state index contributed by atoms with van der Waals surface area (Å²) in [5.41, 5.74) is 7.39. The van der Waals surface area contributed by atoms with Crippen molar-refractivity contribution in [2.75, 3.05) is 6.61 Å². The lowest BCUT2D eigenvalue weighted by Gasteiger charge is -2.13. The van der Waals surface area contributed by atoms with E-state index in [-0.39, 0.29) is 6.04 Å². The normalized spacial score (nSPS) is 12.4. The first-order valence-corrected chi connectivity index (χ1v) is 8.02. The highest BCUT2D eigenvalue weighted by atomic mass is 79.9. The van der Waals surface area contributed by atoms with Crippen molar-refractivity contribution < 1.29 is 4.74 Å². The summed E-state index contributed by atoms with van der Waals surface area (Å²) in [5, 5.41) is 0. The molecule has 0 aliphatic carbocycles. The second kappa shape index (κ2) is 7.08. The van der Waals surface area contributed by atoms with Gasteiger partial charge in [0.15, 0.2) is 0 Å². The van der Waals surface area contributed by atoms with Crippen molar-refractivity contribution in [1.82, 2.24) is 0 Å². The van der Waals surface area contributed by atoms with E-state index in [0.717, 1.165) is 34.5 Å². The van der Waals surface area contributed by atoms with Crippen LogP contribution in [0.5, 0.6) is 5.75 Å². The van der Waals surface area contributed by atoms with E-state index in [0.29, 0.717) is 0 Å². The molecule has 0 aliphatic rings. The van der Waals surface area contributed by atoms with Gasteiger partial charge in [0.05, 0.1) is 10.4 Å². The van der Waals surface area contributed by atoms with Crippen molar-refractivity contribution in [3.8, 4) is 5.75 Å². The molecule has 102 valence electrons. The van der Waals surface area contributed by atoms with Crippen molar-refractivity contribution in [3.05, 3.63) is 50.6 Å². The largest absolute Gasteiger partial charge is 0.494 e. The molecule has 2 rings (SSSR count). The highest BCUT2D eigenvalue weighted by molar-refractivity contribution is 9.11. The van der Waals surface area contributed by atoms with Gasteiger partial charge in [-0.15, -0.1) is 11.3 Å². The number of nitrogens with two attached hydrogens (primary N) is 1. The van der Waals surface area contributed by atoms with Crippen molar-refractivity contribution in [1.29, 1.82) is 0 Å². The van der Waals surface area contributed by atoms with Crippen molar-refractivity contribution in [3.63, 3.8) is 0 Å². The highest BCUT2D eigenvalue weighted by Crippen LogP contribution is 2.27. The molecule has 0 bridgehead atoms. The second-order valence-corrected chi connectivity index (χ2v) is 6.98. The molecular weight excluding hydrogens is 322 g/mol. The van der Waals surface area contributed by atoms with Crippen molar-refractivity contribution >= 4 is 27.3 Å². The first-order chi connectivity index (χ1) is 9.19. The molecule has 0 saturated heterocycles. The predicted molar refractivity (Wildman–Crippen MR) is 84.9 cm³/mol. The zero-order chi connectivity index (χ0) is 13.7. The van der Waals surface area contributed by atoms with Gasteiger partial charge in [0.2, 0.25) is 0 Å². The maximum absolute atomic E-state index is 6.27. The molecule has 1 atom stereocenters. The van der Waals surface area contributed by atoms with E-state index in [2.05, 4.69) is 41.1 Å². The second-order valence-electron chi connectivity index (χ2n) is 4.44. The standard InChI is InChI=1S/C15H18BrNOS/c1-2-8-18-12-5-3-4-11(9-12)14(17)10-13-6-7-15(16)19-13/h3-7,9,14H,2,8,10,17H2,1H3. The lowest BCUT2D eigenvalue weighted by atomic mass is 10.0. The molecule has 1 heterocycles. The van der Waals surface area contributed by atoms with E-state index in [4.69, 9.17) is 10.5 Å². The third-order valence-electron chi connectivity index (χ3n) is 2.81. The Kier molecular flexibility index (Phi) is 5.43. The molecule has 2 aromatic rings. The van der Waals surface area contributed by atoms with Crippen LogP contribution < -0.4 is 10.5 Å². The summed E-state index contributed by atoms with van der Waals surface area (Å²) in [5.74, 6) is 0.905. The summed E-state index contributed by atoms with van der Waals surface area (Å²) in [6, 6.07) is 12.3. The van der Waals surface area contributed by atoms with Gasteiger partial charge in [-0.25, -0.2) is 0 Å². The Bertz CT molecular complexity index is 526. The summed E-state index contributed by atoms with van der Waals surface area (Å²) in [4.78, 5) is 1.29. The fourth-order valence-electron chi connectivity index (χ4n) is 1.85. The Morgan fingerprint density at radius 2 is 2.16 bits per heavy atom. The van der Waals surface area contributed by atoms with E-state index in [9.17, 15) is 0 Å². The van der Waals surface area contributed by atoms with E-state index >= 15 is 0 Å². The van der Waals surface area contributed by atoms with Crippen LogP contribution in [0.25, 0.3) is 0 Å². The maximum Gasteiger partial charge on any atom is 0.119 e. The first kappa shape index (κ1) is 14.6. The van der Waals surface area contributed by atoms with Gasteiger partial charge in [0.1, 0.15) is 5.75 Å². The first-order valence-electron chi connectivity index (χ1n) is 6.41. The summed E-state index contributed by atoms with van der Waals surface area (Å²) in [7, 11) is 0. The fraction of sp³-hybridized carbons (Fsp3) is 0.333. The van der Waals surface area contributed by atoms with Gasteiger partial charge >= 0.3 is 0 Å². The molecule has 0 saturated carbocycles. The number of hydrogen-bond acceptors (Lipinski definition) is 3. The van der Waals surface area contributed by atoms with Gasteiger partial charge in [0, 0.05) is 17.3 Å². The molecule has 0 radical (unpaired) electrons. The molecule has 0 aliphatic heterocycles. The third-order valence-corrected chi connectivity index (χ3v) is 4.46. The average Bonchev–Trinajstić information content (AvgIpc) is 2.82. The molecule has 4 heteroatoms. The summed E-state index contributed by atoms with van der Waals surface area (Å²) in [6.45, 7) is 2.85. The summed E-state index contributed by atoms with van der Waals surface area (Å²) < 4.78 is 6.79. The molecule has 2 nitrogen and oxygen atoms in total. The van der Waals surface area contributed by atoms with E-state index in [1.54, 1.807) is 11.3 Å². The van der Waals surface area contributed by atoms with Gasteiger partial charge in [-0.3, -0.25) is 0 Å². The topological polar surface area (TPSA) is 35.2 Å². The molecule has 1 unspecified atom stereocenters. The predicted octanol–water partition coefficient (Wildman–Crippen LogP) is 4.54. The summed E-state index contributed by atoms with van der Waals surface area (Å²) in [6.07, 6.45) is 1.87. The van der Waals surface area contributed by atoms with Crippen LogP contribution in [0.15, 0.2) is 40.2 Å². The number of rotatable bonds is 6. The third kappa shape index (κ3) is 4.34. The molecule has 0 spiro atoms. The van der Waals surface area contributed by atoms with Crippen LogP contribution in [-0.4, -0.2) is 6.61 Å². The van der Waals surface area contributed by atoms with Crippen LogP contribution in [-0.2, 0) is 6.42 Å². The Morgan fingerprint density at radius 1 is 1.32 bits per heavy atom. The van der Waals surface area contributed by atoms with Crippen molar-refractivity contribution in [2.24, 2.45) is 5.73 Å². The van der Waals surface area contributed by atoms with E-state index in [1.807, 2.05) is 18.2 Å². The molecule has 0 fully saturated rings. The molecule has 1 aromatic heterocycles. The smallest absolute Gasteiger partial charge is 0.119 e. The van der Waals surface area contributed by atoms with Crippen LogP contribution >= 0.6 is 27.3 Å². The fourth-order valence-corrected chi connectivity index (χ4v) is 3.39. The number of hydrogen-bond donors (Lipinski definition) is 1. The van der Waals surface area contributed by atoms with Crippen LogP contribution in [0, 0.1) is 0 Å². The minimum Gasteiger partial charge on any atom is -0.494 e. The molecule has 1 aromatic carbocycles. The summed E-state index contributed by atoms with van der Waals surface area (Å²) >= 11 is 5.21. The monoisotopic (exact) mass is 339 g/mol. The Balaban J connectivity index is 2.03. The van der Waals surface area contributed by atoms with Crippen LogP contribution in [0.1, 0.15) is 29.8 Å². The Morgan fingerprint density at radius 3 is 2.84 bits per heavy atom. The van der Waals surface area contributed by atoms with E-state index in [1.165, 1.54) is 4.88 Å². The zero-order valence-electron chi connectivity index (χ0n) is 10.9. The van der Waals surface area contributed by atoms with Gasteiger partial charge < -0.3 is 10.5 Å². The lowest BCUT2D eigenvalue weighted by Crippen LogP contribution is -2.12. The lowest BCUT2D eigenvalue weighted by molar-refractivity contribution is 0.317. The number of ether oxygens (including phenoxy) is 1. The van der Waals surface area contributed by atoms with Gasteiger partial charge in [-0.05, 0) is 52.2 Å². The SMILES string of the molecule is CCCOc1cccc(C(N)Cc2ccc(Br)s2)c1. The van der Waals surface area contributed by atoms with Gasteiger partial charge in [0.25, 0.3) is 0 Å². The zero-order valence-corrected chi connectivity index (χ0v) is 13.3. The van der Waals surface area contributed by atoms with Crippen LogP contribution in [0.3, 0.4) is 0 Å². The molecular formula is C15H18BrNOS. The Hall–Kier alpha value is -0.840. The maximum atomic E-state index is 6.27. The molecule has 19 heavy (non-hydrogen) atoms. The van der Waals surface area contributed by atoms with Gasteiger partial charge in [-0.2, -0.15) is 0 Å². The minimum absolute atomic E-state index is 0.00993. The quantitative estimate of drug-likeness (QED) is 0.838.